The lowest BCUT2D eigenvalue weighted by atomic mass is 9.85. The van der Waals surface area contributed by atoms with Crippen LogP contribution in [0.5, 0.6) is 11.5 Å². The third-order valence-corrected chi connectivity index (χ3v) is 10.6. The molecule has 54 heavy (non-hydrogen) atoms. The van der Waals surface area contributed by atoms with Crippen molar-refractivity contribution in [3.8, 4) is 22.1 Å². The van der Waals surface area contributed by atoms with E-state index in [1.54, 1.807) is 60.1 Å². The second-order valence-electron chi connectivity index (χ2n) is 15.2. The number of methoxy groups -OCH3 is 1. The standard InChI is InChI=1S/C37H46IN7O8S/c1-10-20-15-37(20,32(49)50)43-30(47)24-13-21(17-45(24)31(48)29(35(4,5)6)42-33(51)44-36(7,8)38)53-26-14-23(27-16-39-34(54-27)40-19(3)46)41-28-18(2)25(52-9)12-11-22(26)28/h10-12,14,16,20-21,24,29H,1,13,15,17H2,2-9H3,(H,43,47)(H,49,50)(H,39,40,46)(H2,42,44,51)/t20-,21-,24?,29?,37-/m1/s1. The summed E-state index contributed by atoms with van der Waals surface area (Å²) in [5.74, 6) is -2.08. The van der Waals surface area contributed by atoms with Crippen molar-refractivity contribution in [2.24, 2.45) is 11.3 Å². The van der Waals surface area contributed by atoms with Crippen molar-refractivity contribution in [3.63, 3.8) is 0 Å². The Morgan fingerprint density at radius 2 is 1.87 bits per heavy atom. The van der Waals surface area contributed by atoms with Gasteiger partial charge >= 0.3 is 12.0 Å². The van der Waals surface area contributed by atoms with Crippen LogP contribution in [0, 0.1) is 18.3 Å². The third-order valence-electron chi connectivity index (χ3n) is 9.38. The maximum absolute atomic E-state index is 14.5. The zero-order valence-electron chi connectivity index (χ0n) is 31.5. The van der Waals surface area contributed by atoms with Gasteiger partial charge in [-0.2, -0.15) is 0 Å². The van der Waals surface area contributed by atoms with E-state index in [0.717, 1.165) is 5.56 Å². The Morgan fingerprint density at radius 1 is 1.17 bits per heavy atom. The normalized spacial score (nSPS) is 21.5. The molecule has 2 fully saturated rings. The molecule has 0 spiro atoms. The number of nitrogens with one attached hydrogen (secondary N) is 4. The molecule has 2 aromatic heterocycles. The summed E-state index contributed by atoms with van der Waals surface area (Å²) in [6.07, 6.45) is 2.56. The third kappa shape index (κ3) is 8.72. The fraction of sp³-hybridized carbons (Fsp3) is 0.486. The first kappa shape index (κ1) is 40.7. The molecule has 0 bridgehead atoms. The van der Waals surface area contributed by atoms with Gasteiger partial charge in [-0.15, -0.1) is 6.58 Å². The number of likely N-dealkylation sites (tertiary alicyclic amines) is 1. The van der Waals surface area contributed by atoms with Gasteiger partial charge in [0.25, 0.3) is 0 Å². The number of nitrogens with zero attached hydrogens (tertiary/aromatic N) is 3. The Kier molecular flexibility index (Phi) is 11.5. The van der Waals surface area contributed by atoms with Crippen LogP contribution in [0.3, 0.4) is 0 Å². The summed E-state index contributed by atoms with van der Waals surface area (Å²) < 4.78 is 11.6. The topological polar surface area (TPSA) is 201 Å². The van der Waals surface area contributed by atoms with E-state index in [9.17, 15) is 29.1 Å². The summed E-state index contributed by atoms with van der Waals surface area (Å²) in [5.41, 5.74) is -0.463. The van der Waals surface area contributed by atoms with Crippen LogP contribution in [-0.2, 0) is 19.2 Å². The van der Waals surface area contributed by atoms with Crippen LogP contribution < -0.4 is 30.7 Å². The number of aryl methyl sites for hydroxylation is 1. The molecule has 5 amide bonds. The Bertz CT molecular complexity index is 2010. The molecule has 1 saturated carbocycles. The zero-order chi connectivity index (χ0) is 39.9. The number of halogens is 1. The largest absolute Gasteiger partial charge is 0.496 e. The molecule has 1 aromatic carbocycles. The van der Waals surface area contributed by atoms with Gasteiger partial charge in [-0.3, -0.25) is 14.4 Å². The zero-order valence-corrected chi connectivity index (χ0v) is 34.4. The van der Waals surface area contributed by atoms with Crippen LogP contribution in [0.15, 0.2) is 37.1 Å². The van der Waals surface area contributed by atoms with Gasteiger partial charge < -0.3 is 40.7 Å². The Morgan fingerprint density at radius 3 is 2.44 bits per heavy atom. The molecule has 3 aromatic rings. The average Bonchev–Trinajstić information content (AvgIpc) is 3.35. The number of aromatic nitrogens is 2. The molecule has 5 atom stereocenters. The van der Waals surface area contributed by atoms with E-state index in [-0.39, 0.29) is 25.3 Å². The van der Waals surface area contributed by atoms with Crippen LogP contribution in [0.2, 0.25) is 0 Å². The SMILES string of the molecule is C=C[C@@H]1C[C@]1(NC(=O)C1C[C@@H](Oc2cc(-c3cnc(NC(C)=O)s3)nc3c(C)c(OC)ccc23)CN1C(=O)C(NC(=O)NC(C)(C)I)C(C)(C)C)C(=O)O. The molecule has 2 aliphatic rings. The van der Waals surface area contributed by atoms with Gasteiger partial charge in [0, 0.05) is 42.5 Å². The van der Waals surface area contributed by atoms with Gasteiger partial charge in [0.2, 0.25) is 17.7 Å². The van der Waals surface area contributed by atoms with Crippen molar-refractivity contribution >= 4 is 79.7 Å². The number of hydrogen-bond acceptors (Lipinski definition) is 10. The number of carbonyl (C=O) groups excluding carboxylic acids is 4. The smallest absolute Gasteiger partial charge is 0.330 e. The van der Waals surface area contributed by atoms with Crippen LogP contribution in [0.1, 0.15) is 59.9 Å². The Labute approximate surface area is 331 Å². The number of urea groups is 1. The predicted octanol–water partition coefficient (Wildman–Crippen LogP) is 5.01. The van der Waals surface area contributed by atoms with Crippen molar-refractivity contribution in [2.45, 2.75) is 88.6 Å². The van der Waals surface area contributed by atoms with E-state index < -0.39 is 62.4 Å². The maximum atomic E-state index is 14.5. The number of fused-ring (bicyclic) bond motifs is 1. The van der Waals surface area contributed by atoms with Crippen LogP contribution >= 0.6 is 33.9 Å². The van der Waals surface area contributed by atoms with Crippen molar-refractivity contribution in [3.05, 3.63) is 42.6 Å². The first-order chi connectivity index (χ1) is 25.2. The minimum absolute atomic E-state index is 0.0252. The molecular weight excluding hydrogens is 829 g/mol. The number of carboxylic acids is 1. The monoisotopic (exact) mass is 875 g/mol. The first-order valence-electron chi connectivity index (χ1n) is 17.3. The molecule has 15 nitrogen and oxygen atoms in total. The quantitative estimate of drug-likeness (QED) is 0.0713. The second kappa shape index (κ2) is 15.3. The maximum Gasteiger partial charge on any atom is 0.330 e. The molecular formula is C37H46IN7O8S. The molecule has 5 N–H and O–H groups in total. The lowest BCUT2D eigenvalue weighted by Gasteiger charge is -2.36. The van der Waals surface area contributed by atoms with Crippen molar-refractivity contribution in [2.75, 3.05) is 19.0 Å². The molecule has 290 valence electrons. The number of ether oxygens (including phenoxy) is 2. The fourth-order valence-corrected chi connectivity index (χ4v) is 7.62. The molecule has 3 heterocycles. The minimum Gasteiger partial charge on any atom is -0.496 e. The first-order valence-corrected chi connectivity index (χ1v) is 19.2. The van der Waals surface area contributed by atoms with E-state index >= 15 is 0 Å². The summed E-state index contributed by atoms with van der Waals surface area (Å²) in [6.45, 7) is 16.0. The van der Waals surface area contributed by atoms with E-state index in [2.05, 4.69) is 55.4 Å². The lowest BCUT2D eigenvalue weighted by molar-refractivity contribution is -0.146. The lowest BCUT2D eigenvalue weighted by Crippen LogP contribution is -2.61. The average molecular weight is 876 g/mol. The molecule has 2 unspecified atom stereocenters. The van der Waals surface area contributed by atoms with Crippen molar-refractivity contribution in [1.82, 2.24) is 30.8 Å². The number of rotatable bonds is 12. The molecule has 5 rings (SSSR count). The minimum atomic E-state index is -1.53. The van der Waals surface area contributed by atoms with E-state index in [4.69, 9.17) is 14.5 Å². The molecule has 17 heteroatoms. The van der Waals surface area contributed by atoms with Crippen LogP contribution in [0.4, 0.5) is 9.93 Å². The number of benzene rings is 1. The number of alkyl halides is 1. The number of hydrogen-bond donors (Lipinski definition) is 5. The highest BCUT2D eigenvalue weighted by molar-refractivity contribution is 14.1. The highest BCUT2D eigenvalue weighted by atomic mass is 127. The van der Waals surface area contributed by atoms with Gasteiger partial charge in [0.05, 0.1) is 33.3 Å². The number of carbonyl (C=O) groups is 5. The fourth-order valence-electron chi connectivity index (χ4n) is 6.55. The highest BCUT2D eigenvalue weighted by Crippen LogP contribution is 2.45. The molecule has 1 aliphatic carbocycles. The van der Waals surface area contributed by atoms with E-state index in [0.29, 0.717) is 38.1 Å². The van der Waals surface area contributed by atoms with Crippen molar-refractivity contribution < 1.29 is 38.6 Å². The molecule has 0 radical (unpaired) electrons. The van der Waals surface area contributed by atoms with Gasteiger partial charge in [-0.25, -0.2) is 19.6 Å². The molecule has 1 aliphatic heterocycles. The van der Waals surface area contributed by atoms with Gasteiger partial charge in [0.15, 0.2) is 5.13 Å². The van der Waals surface area contributed by atoms with Gasteiger partial charge in [0.1, 0.15) is 35.2 Å². The van der Waals surface area contributed by atoms with E-state index in [1.165, 1.54) is 29.2 Å². The predicted molar refractivity (Wildman–Crippen MR) is 213 cm³/mol. The number of anilines is 1. The summed E-state index contributed by atoms with van der Waals surface area (Å²) in [5, 5.41) is 22.1. The van der Waals surface area contributed by atoms with Gasteiger partial charge in [-0.05, 0) is 44.7 Å². The van der Waals surface area contributed by atoms with Crippen LogP contribution in [-0.4, -0.2) is 90.6 Å². The number of pyridine rings is 1. The molecule has 1 saturated heterocycles. The highest BCUT2D eigenvalue weighted by Gasteiger charge is 2.61. The Balaban J connectivity index is 1.54. The van der Waals surface area contributed by atoms with E-state index in [1.807, 2.05) is 13.0 Å². The number of carboxylic acid groups (broad SMARTS) is 1. The second-order valence-corrected chi connectivity index (χ2v) is 18.9. The summed E-state index contributed by atoms with van der Waals surface area (Å²) in [7, 11) is 1.56. The van der Waals surface area contributed by atoms with Gasteiger partial charge in [-0.1, -0.05) is 60.8 Å². The Hall–Kier alpha value is -4.52. The summed E-state index contributed by atoms with van der Waals surface area (Å²) >= 11 is 3.30. The number of amides is 5. The van der Waals surface area contributed by atoms with Crippen molar-refractivity contribution in [1.29, 1.82) is 0 Å². The number of aliphatic carboxylic acids is 1. The summed E-state index contributed by atoms with van der Waals surface area (Å²) in [4.78, 5) is 77.0. The number of thiazole rings is 1. The van der Waals surface area contributed by atoms with Crippen LogP contribution in [0.25, 0.3) is 21.5 Å². The summed E-state index contributed by atoms with van der Waals surface area (Å²) in [6, 6.07) is 2.61.